The van der Waals surface area contributed by atoms with Gasteiger partial charge in [0.25, 0.3) is 0 Å². The van der Waals surface area contributed by atoms with Crippen LogP contribution in [0, 0.1) is 5.92 Å². The molecule has 0 amide bonds. The summed E-state index contributed by atoms with van der Waals surface area (Å²) in [5.41, 5.74) is 0. The van der Waals surface area contributed by atoms with Crippen LogP contribution < -0.4 is 5.32 Å². The molecule has 0 aromatic rings. The van der Waals surface area contributed by atoms with Crippen LogP contribution in [-0.4, -0.2) is 36.1 Å². The van der Waals surface area contributed by atoms with E-state index in [1.807, 2.05) is 0 Å². The van der Waals surface area contributed by atoms with Gasteiger partial charge >= 0.3 is 0 Å². The molecule has 0 radical (unpaired) electrons. The second-order valence-electron chi connectivity index (χ2n) is 6.69. The van der Waals surface area contributed by atoms with Crippen molar-refractivity contribution >= 4 is 0 Å². The molecule has 106 valence electrons. The van der Waals surface area contributed by atoms with E-state index >= 15 is 0 Å². The van der Waals surface area contributed by atoms with Crippen molar-refractivity contribution in [1.29, 1.82) is 0 Å². The van der Waals surface area contributed by atoms with E-state index in [-0.39, 0.29) is 0 Å². The molecule has 2 nitrogen and oxygen atoms in total. The summed E-state index contributed by atoms with van der Waals surface area (Å²) in [6.45, 7) is 9.65. The normalized spacial score (nSPS) is 38.8. The smallest absolute Gasteiger partial charge is 0.0101 e. The first-order valence-corrected chi connectivity index (χ1v) is 8.19. The van der Waals surface area contributed by atoms with Crippen molar-refractivity contribution in [2.24, 2.45) is 5.92 Å². The van der Waals surface area contributed by atoms with E-state index in [1.165, 1.54) is 58.0 Å². The Kier molecular flexibility index (Phi) is 5.50. The van der Waals surface area contributed by atoms with Gasteiger partial charge in [-0.3, -0.25) is 4.90 Å². The van der Waals surface area contributed by atoms with Crippen LogP contribution in [-0.2, 0) is 0 Å². The minimum Gasteiger partial charge on any atom is -0.314 e. The Morgan fingerprint density at radius 3 is 2.61 bits per heavy atom. The Hall–Kier alpha value is -0.0800. The zero-order valence-corrected chi connectivity index (χ0v) is 12.6. The van der Waals surface area contributed by atoms with Gasteiger partial charge in [-0.05, 0) is 51.5 Å². The fourth-order valence-electron chi connectivity index (χ4n) is 3.97. The maximum Gasteiger partial charge on any atom is 0.0101 e. The lowest BCUT2D eigenvalue weighted by Crippen LogP contribution is -2.52. The summed E-state index contributed by atoms with van der Waals surface area (Å²) in [5.74, 6) is 0.951. The van der Waals surface area contributed by atoms with Crippen LogP contribution in [0.5, 0.6) is 0 Å². The Balaban J connectivity index is 1.81. The average molecular weight is 252 g/mol. The number of piperidine rings is 1. The van der Waals surface area contributed by atoms with Gasteiger partial charge in [-0.1, -0.05) is 26.7 Å². The third-order valence-corrected chi connectivity index (χ3v) is 4.99. The third-order valence-electron chi connectivity index (χ3n) is 4.99. The van der Waals surface area contributed by atoms with Crippen LogP contribution >= 0.6 is 0 Å². The van der Waals surface area contributed by atoms with Crippen LogP contribution in [0.4, 0.5) is 0 Å². The van der Waals surface area contributed by atoms with Crippen molar-refractivity contribution in [3.8, 4) is 0 Å². The summed E-state index contributed by atoms with van der Waals surface area (Å²) in [6.07, 6.45) is 9.76. The number of rotatable bonds is 4. The first kappa shape index (κ1) is 14.3. The van der Waals surface area contributed by atoms with Gasteiger partial charge in [-0.25, -0.2) is 0 Å². The molecular weight excluding hydrogens is 220 g/mol. The van der Waals surface area contributed by atoms with Crippen LogP contribution in [0.2, 0.25) is 0 Å². The summed E-state index contributed by atoms with van der Waals surface area (Å²) in [6, 6.07) is 2.44. The summed E-state index contributed by atoms with van der Waals surface area (Å²) < 4.78 is 0. The van der Waals surface area contributed by atoms with Crippen LogP contribution in [0.1, 0.15) is 65.7 Å². The van der Waals surface area contributed by atoms with Crippen molar-refractivity contribution < 1.29 is 0 Å². The number of likely N-dealkylation sites (tertiary alicyclic amines) is 1. The maximum atomic E-state index is 3.71. The fraction of sp³-hybridized carbons (Fsp3) is 1.00. The Morgan fingerprint density at radius 1 is 1.11 bits per heavy atom. The molecule has 1 aliphatic heterocycles. The molecule has 0 aromatic heterocycles. The van der Waals surface area contributed by atoms with E-state index in [9.17, 15) is 0 Å². The van der Waals surface area contributed by atoms with Gasteiger partial charge in [0.1, 0.15) is 0 Å². The topological polar surface area (TPSA) is 15.3 Å². The zero-order chi connectivity index (χ0) is 13.0. The summed E-state index contributed by atoms with van der Waals surface area (Å²) in [5, 5.41) is 3.71. The van der Waals surface area contributed by atoms with E-state index in [0.717, 1.165) is 24.0 Å². The highest BCUT2D eigenvalue weighted by Crippen LogP contribution is 2.31. The lowest BCUT2D eigenvalue weighted by atomic mass is 9.84. The molecule has 4 unspecified atom stereocenters. The van der Waals surface area contributed by atoms with Gasteiger partial charge in [-0.15, -0.1) is 0 Å². The Labute approximate surface area is 114 Å². The van der Waals surface area contributed by atoms with Crippen molar-refractivity contribution in [3.05, 3.63) is 0 Å². The molecule has 0 bridgehead atoms. The van der Waals surface area contributed by atoms with Crippen LogP contribution in [0.15, 0.2) is 0 Å². The Morgan fingerprint density at radius 2 is 1.94 bits per heavy atom. The first-order chi connectivity index (χ1) is 8.70. The molecule has 2 rings (SSSR count). The van der Waals surface area contributed by atoms with E-state index in [1.54, 1.807) is 0 Å². The third kappa shape index (κ3) is 3.71. The second-order valence-corrected chi connectivity index (χ2v) is 6.69. The second kappa shape index (κ2) is 6.91. The first-order valence-electron chi connectivity index (χ1n) is 8.19. The summed E-state index contributed by atoms with van der Waals surface area (Å²) in [7, 11) is 0. The van der Waals surface area contributed by atoms with Gasteiger partial charge in [0, 0.05) is 24.7 Å². The maximum absolute atomic E-state index is 3.71. The molecule has 0 aromatic carbocycles. The molecule has 2 fully saturated rings. The van der Waals surface area contributed by atoms with Crippen LogP contribution in [0.3, 0.4) is 0 Å². The number of hydrogen-bond acceptors (Lipinski definition) is 2. The molecule has 4 atom stereocenters. The fourth-order valence-corrected chi connectivity index (χ4v) is 3.97. The number of hydrogen-bond donors (Lipinski definition) is 1. The average Bonchev–Trinajstić information content (AvgIpc) is 2.36. The summed E-state index contributed by atoms with van der Waals surface area (Å²) >= 11 is 0. The monoisotopic (exact) mass is 252 g/mol. The van der Waals surface area contributed by atoms with Crippen LogP contribution in [0.25, 0.3) is 0 Å². The quantitative estimate of drug-likeness (QED) is 0.825. The lowest BCUT2D eigenvalue weighted by Gasteiger charge is -2.45. The molecule has 1 aliphatic carbocycles. The van der Waals surface area contributed by atoms with Crippen molar-refractivity contribution in [2.75, 3.05) is 13.1 Å². The van der Waals surface area contributed by atoms with E-state index < -0.39 is 0 Å². The molecule has 1 N–H and O–H groups in total. The molecule has 18 heavy (non-hydrogen) atoms. The van der Waals surface area contributed by atoms with Crippen molar-refractivity contribution in [3.63, 3.8) is 0 Å². The largest absolute Gasteiger partial charge is 0.314 e. The minimum absolute atomic E-state index is 0.775. The van der Waals surface area contributed by atoms with E-state index in [4.69, 9.17) is 0 Å². The van der Waals surface area contributed by atoms with Crippen molar-refractivity contribution in [1.82, 2.24) is 10.2 Å². The van der Waals surface area contributed by atoms with Crippen molar-refractivity contribution in [2.45, 2.75) is 83.8 Å². The van der Waals surface area contributed by atoms with Gasteiger partial charge in [0.2, 0.25) is 0 Å². The SMILES string of the molecule is CCCNC1CCN(C2CCCC(C)C2)C(C)C1. The molecule has 1 heterocycles. The van der Waals surface area contributed by atoms with E-state index in [2.05, 4.69) is 31.0 Å². The number of nitrogens with zero attached hydrogens (tertiary/aromatic N) is 1. The highest BCUT2D eigenvalue weighted by Gasteiger charge is 2.32. The summed E-state index contributed by atoms with van der Waals surface area (Å²) in [4.78, 5) is 2.82. The molecule has 2 heteroatoms. The molecule has 1 saturated heterocycles. The standard InChI is InChI=1S/C16H32N2/c1-4-9-17-15-8-10-18(14(3)12-15)16-7-5-6-13(2)11-16/h13-17H,4-12H2,1-3H3. The number of nitrogens with one attached hydrogen (secondary N) is 1. The molecule has 2 aliphatic rings. The molecular formula is C16H32N2. The lowest BCUT2D eigenvalue weighted by molar-refractivity contribution is 0.0569. The van der Waals surface area contributed by atoms with Gasteiger partial charge in [0.05, 0.1) is 0 Å². The highest BCUT2D eigenvalue weighted by atomic mass is 15.2. The predicted molar refractivity (Wildman–Crippen MR) is 78.9 cm³/mol. The molecule has 0 spiro atoms. The highest BCUT2D eigenvalue weighted by molar-refractivity contribution is 4.88. The Bertz CT molecular complexity index is 241. The molecule has 1 saturated carbocycles. The van der Waals surface area contributed by atoms with E-state index in [0.29, 0.717) is 0 Å². The van der Waals surface area contributed by atoms with Gasteiger partial charge in [0.15, 0.2) is 0 Å². The predicted octanol–water partition coefficient (Wildman–Crippen LogP) is 3.42. The zero-order valence-electron chi connectivity index (χ0n) is 12.6. The minimum atomic E-state index is 0.775. The van der Waals surface area contributed by atoms with Gasteiger partial charge < -0.3 is 5.32 Å². The van der Waals surface area contributed by atoms with Gasteiger partial charge in [-0.2, -0.15) is 0 Å².